The van der Waals surface area contributed by atoms with Gasteiger partial charge in [0.15, 0.2) is 11.8 Å². The van der Waals surface area contributed by atoms with Gasteiger partial charge >= 0.3 is 0 Å². The maximum Gasteiger partial charge on any atom is 0.191 e. The number of nitrogens with zero attached hydrogens (tertiary/aromatic N) is 4. The summed E-state index contributed by atoms with van der Waals surface area (Å²) in [5.41, 5.74) is 0. The van der Waals surface area contributed by atoms with Crippen LogP contribution in [0.15, 0.2) is 17.6 Å². The van der Waals surface area contributed by atoms with Crippen molar-refractivity contribution in [1.29, 1.82) is 0 Å². The van der Waals surface area contributed by atoms with E-state index < -0.39 is 0 Å². The van der Waals surface area contributed by atoms with Gasteiger partial charge in [0.05, 0.1) is 6.54 Å². The van der Waals surface area contributed by atoms with Crippen molar-refractivity contribution in [1.82, 2.24) is 25.4 Å². The first-order chi connectivity index (χ1) is 11.3. The van der Waals surface area contributed by atoms with Gasteiger partial charge in [-0.15, -0.1) is 30.6 Å². The van der Waals surface area contributed by atoms with Crippen LogP contribution in [0.25, 0.3) is 0 Å². The second-order valence-corrected chi connectivity index (χ2v) is 6.45. The van der Waals surface area contributed by atoms with Crippen LogP contribution in [-0.2, 0) is 24.3 Å². The van der Waals surface area contributed by atoms with Crippen molar-refractivity contribution in [2.75, 3.05) is 32.2 Å². The molecule has 7 nitrogen and oxygen atoms in total. The van der Waals surface area contributed by atoms with E-state index in [0.29, 0.717) is 12.6 Å². The molecular formula is C15H27IN6OS. The number of hydrogen-bond acceptors (Lipinski definition) is 5. The normalized spacial score (nSPS) is 16.9. The molecule has 2 N–H and O–H groups in total. The van der Waals surface area contributed by atoms with Crippen molar-refractivity contribution in [3.63, 3.8) is 0 Å². The highest BCUT2D eigenvalue weighted by Crippen LogP contribution is 2.13. The number of guanidine groups is 1. The summed E-state index contributed by atoms with van der Waals surface area (Å²) in [7, 11) is 3.46. The maximum atomic E-state index is 5.10. The minimum absolute atomic E-state index is 0. The first-order valence-corrected chi connectivity index (χ1v) is 8.99. The molecule has 0 amide bonds. The number of halogens is 1. The molecule has 0 radical (unpaired) electrons. The van der Waals surface area contributed by atoms with E-state index in [0.717, 1.165) is 55.0 Å². The first-order valence-electron chi connectivity index (χ1n) is 7.84. The van der Waals surface area contributed by atoms with Crippen LogP contribution < -0.4 is 10.6 Å². The van der Waals surface area contributed by atoms with Crippen LogP contribution in [-0.4, -0.2) is 59.0 Å². The molecule has 0 saturated carbocycles. The summed E-state index contributed by atoms with van der Waals surface area (Å²) < 4.78 is 7.07. The Morgan fingerprint density at radius 3 is 3.12 bits per heavy atom. The number of hydrogen-bond donors (Lipinski definition) is 2. The number of aliphatic imine (C=N–C) groups is 1. The van der Waals surface area contributed by atoms with E-state index in [-0.39, 0.29) is 24.0 Å². The van der Waals surface area contributed by atoms with Gasteiger partial charge in [0.2, 0.25) is 0 Å². The molecule has 1 aliphatic rings. The van der Waals surface area contributed by atoms with Crippen LogP contribution in [0.3, 0.4) is 0 Å². The van der Waals surface area contributed by atoms with E-state index in [4.69, 9.17) is 4.74 Å². The molecule has 1 aromatic heterocycles. The molecule has 0 aromatic carbocycles. The predicted molar refractivity (Wildman–Crippen MR) is 110 cm³/mol. The van der Waals surface area contributed by atoms with Gasteiger partial charge in [-0.2, -0.15) is 16.9 Å². The van der Waals surface area contributed by atoms with E-state index in [1.54, 1.807) is 14.2 Å². The lowest BCUT2D eigenvalue weighted by molar-refractivity contribution is 0.177. The number of methoxy groups -OCH3 is 1. The summed E-state index contributed by atoms with van der Waals surface area (Å²) in [5.74, 6) is 4.65. The summed E-state index contributed by atoms with van der Waals surface area (Å²) in [6.45, 7) is 5.87. The average molecular weight is 466 g/mol. The Bertz CT molecular complexity index is 536. The zero-order chi connectivity index (χ0) is 16.5. The second-order valence-electron chi connectivity index (χ2n) is 5.30. The minimum atomic E-state index is 0. The standard InChI is InChI=1S/C15H26N6OS.HI/c1-4-8-23-9-7-17-15(16-2)18-12-5-6-14-19-13(11-22-3)20-21(14)10-12;/h4,12H,1,5-11H2,2-3H3,(H2,16,17,18);1H. The Hall–Kier alpha value is -0.810. The summed E-state index contributed by atoms with van der Waals surface area (Å²) >= 11 is 1.85. The number of fused-ring (bicyclic) bond motifs is 1. The molecule has 24 heavy (non-hydrogen) atoms. The monoisotopic (exact) mass is 466 g/mol. The molecular weight excluding hydrogens is 439 g/mol. The number of aromatic nitrogens is 3. The number of thioether (sulfide) groups is 1. The summed E-state index contributed by atoms with van der Waals surface area (Å²) in [4.78, 5) is 8.79. The lowest BCUT2D eigenvalue weighted by Crippen LogP contribution is -2.47. The molecule has 0 fully saturated rings. The molecule has 1 aromatic rings. The lowest BCUT2D eigenvalue weighted by atomic mass is 10.1. The van der Waals surface area contributed by atoms with Gasteiger partial charge in [0.1, 0.15) is 12.4 Å². The van der Waals surface area contributed by atoms with Crippen LogP contribution >= 0.6 is 35.7 Å². The molecule has 2 rings (SSSR count). The quantitative estimate of drug-likeness (QED) is 0.199. The Balaban J connectivity index is 0.00000288. The van der Waals surface area contributed by atoms with E-state index in [2.05, 4.69) is 32.3 Å². The van der Waals surface area contributed by atoms with Gasteiger partial charge in [-0.1, -0.05) is 6.08 Å². The maximum absolute atomic E-state index is 5.10. The molecule has 9 heteroatoms. The molecule has 1 atom stereocenters. The van der Waals surface area contributed by atoms with Crippen molar-refractivity contribution in [2.24, 2.45) is 4.99 Å². The second kappa shape index (κ2) is 11.7. The molecule has 0 spiro atoms. The third kappa shape index (κ3) is 6.60. The number of nitrogens with one attached hydrogen (secondary N) is 2. The Morgan fingerprint density at radius 1 is 1.58 bits per heavy atom. The van der Waals surface area contributed by atoms with Crippen LogP contribution in [0.2, 0.25) is 0 Å². The van der Waals surface area contributed by atoms with Gasteiger partial charge in [-0.05, 0) is 6.42 Å². The van der Waals surface area contributed by atoms with Crippen molar-refractivity contribution in [3.8, 4) is 0 Å². The highest BCUT2D eigenvalue weighted by Gasteiger charge is 2.22. The van der Waals surface area contributed by atoms with E-state index >= 15 is 0 Å². The third-order valence-electron chi connectivity index (χ3n) is 3.51. The number of rotatable bonds is 8. The molecule has 0 aliphatic carbocycles. The predicted octanol–water partition coefficient (Wildman–Crippen LogP) is 1.44. The van der Waals surface area contributed by atoms with Gasteiger partial charge in [-0.25, -0.2) is 9.67 Å². The largest absolute Gasteiger partial charge is 0.377 e. The van der Waals surface area contributed by atoms with Crippen LogP contribution in [0.4, 0.5) is 0 Å². The van der Waals surface area contributed by atoms with Gasteiger partial charge in [-0.3, -0.25) is 4.99 Å². The minimum Gasteiger partial charge on any atom is -0.377 e. The van der Waals surface area contributed by atoms with Crippen molar-refractivity contribution in [3.05, 3.63) is 24.3 Å². The average Bonchev–Trinajstić information content (AvgIpc) is 2.95. The fraction of sp³-hybridized carbons (Fsp3) is 0.667. The van der Waals surface area contributed by atoms with Crippen molar-refractivity contribution < 1.29 is 4.74 Å². The fourth-order valence-corrected chi connectivity index (χ4v) is 3.04. The summed E-state index contributed by atoms with van der Waals surface area (Å²) in [5, 5.41) is 11.3. The summed E-state index contributed by atoms with van der Waals surface area (Å²) in [6, 6.07) is 0.312. The van der Waals surface area contributed by atoms with Crippen molar-refractivity contribution >= 4 is 41.7 Å². The topological polar surface area (TPSA) is 76.4 Å². The van der Waals surface area contributed by atoms with Gasteiger partial charge < -0.3 is 15.4 Å². The number of aryl methyl sites for hydroxylation is 1. The molecule has 2 heterocycles. The summed E-state index contributed by atoms with van der Waals surface area (Å²) in [6.07, 6.45) is 3.87. The highest BCUT2D eigenvalue weighted by atomic mass is 127. The third-order valence-corrected chi connectivity index (χ3v) is 4.48. The molecule has 1 aliphatic heterocycles. The molecule has 0 bridgehead atoms. The molecule has 0 saturated heterocycles. The Labute approximate surface area is 165 Å². The van der Waals surface area contributed by atoms with Gasteiger partial charge in [0, 0.05) is 44.7 Å². The highest BCUT2D eigenvalue weighted by molar-refractivity contribution is 14.0. The van der Waals surface area contributed by atoms with E-state index in [1.807, 2.05) is 22.5 Å². The van der Waals surface area contributed by atoms with Gasteiger partial charge in [0.25, 0.3) is 0 Å². The Morgan fingerprint density at radius 2 is 2.42 bits per heavy atom. The molecule has 136 valence electrons. The molecule has 1 unspecified atom stereocenters. The van der Waals surface area contributed by atoms with Crippen LogP contribution in [0.5, 0.6) is 0 Å². The Kier molecular flexibility index (Phi) is 10.3. The SMILES string of the molecule is C=CCSCCNC(=NC)NC1CCc2nc(COC)nn2C1.I. The lowest BCUT2D eigenvalue weighted by Gasteiger charge is -2.25. The smallest absolute Gasteiger partial charge is 0.191 e. The first kappa shape index (κ1) is 21.2. The van der Waals surface area contributed by atoms with Crippen LogP contribution in [0, 0.1) is 0 Å². The van der Waals surface area contributed by atoms with E-state index in [1.165, 1.54) is 0 Å². The van der Waals surface area contributed by atoms with Crippen molar-refractivity contribution in [2.45, 2.75) is 32.0 Å². The fourth-order valence-electron chi connectivity index (χ4n) is 2.46. The zero-order valence-electron chi connectivity index (χ0n) is 14.3. The van der Waals surface area contributed by atoms with Crippen LogP contribution in [0.1, 0.15) is 18.1 Å². The number of ether oxygens (including phenoxy) is 1. The van der Waals surface area contributed by atoms with E-state index in [9.17, 15) is 0 Å². The zero-order valence-corrected chi connectivity index (χ0v) is 17.5.